The summed E-state index contributed by atoms with van der Waals surface area (Å²) >= 11 is 0. The molecule has 0 unspecified atom stereocenters. The van der Waals surface area contributed by atoms with Gasteiger partial charge in [0.15, 0.2) is 0 Å². The first-order chi connectivity index (χ1) is 8.16. The van der Waals surface area contributed by atoms with Crippen LogP contribution < -0.4 is 11.2 Å². The van der Waals surface area contributed by atoms with Crippen molar-refractivity contribution in [3.63, 3.8) is 0 Å². The van der Waals surface area contributed by atoms with Gasteiger partial charge < -0.3 is 10.7 Å². The molecule has 2 rings (SSSR count). The van der Waals surface area contributed by atoms with E-state index >= 15 is 0 Å². The number of aromatic amines is 1. The molecule has 0 saturated heterocycles. The molecule has 0 atom stereocenters. The predicted molar refractivity (Wildman–Crippen MR) is 67.8 cm³/mol. The average Bonchev–Trinajstić information content (AvgIpc) is 2.70. The number of nitrogens with one attached hydrogen (secondary N) is 2. The third kappa shape index (κ3) is 2.63. The molecule has 88 valence electrons. The van der Waals surface area contributed by atoms with Gasteiger partial charge in [0.05, 0.1) is 0 Å². The molecular formula is C12H14N4O. The number of H-pyrrole nitrogens is 1. The summed E-state index contributed by atoms with van der Waals surface area (Å²) in [5.74, 6) is 0. The molecule has 4 N–H and O–H groups in total. The standard InChI is InChI=1S/C12H14N4O/c1-8(15-16-12(13)17)6-9-7-14-11-5-3-2-4-10(9)11/h2-5,7,14H,6H2,1H3,(H3,13,16,17)/b15-8+. The van der Waals surface area contributed by atoms with Gasteiger partial charge in [0.25, 0.3) is 0 Å². The summed E-state index contributed by atoms with van der Waals surface area (Å²) in [5, 5.41) is 5.05. The van der Waals surface area contributed by atoms with Crippen molar-refractivity contribution >= 4 is 22.6 Å². The van der Waals surface area contributed by atoms with Crippen LogP contribution in [0.2, 0.25) is 0 Å². The second-order valence-corrected chi connectivity index (χ2v) is 3.86. The molecule has 17 heavy (non-hydrogen) atoms. The number of nitrogens with two attached hydrogens (primary N) is 1. The Hall–Kier alpha value is -2.30. The lowest BCUT2D eigenvalue weighted by Gasteiger charge is -1.99. The smallest absolute Gasteiger partial charge is 0.332 e. The molecule has 2 aromatic rings. The Bertz CT molecular complexity index is 571. The number of hydrogen-bond donors (Lipinski definition) is 3. The maximum absolute atomic E-state index is 10.5. The number of para-hydroxylation sites is 1. The molecule has 0 spiro atoms. The molecule has 2 amide bonds. The zero-order valence-electron chi connectivity index (χ0n) is 9.53. The fourth-order valence-corrected chi connectivity index (χ4v) is 1.74. The minimum absolute atomic E-state index is 0.650. The van der Waals surface area contributed by atoms with Crippen molar-refractivity contribution in [1.29, 1.82) is 0 Å². The highest BCUT2D eigenvalue weighted by Gasteiger charge is 2.04. The van der Waals surface area contributed by atoms with Crippen LogP contribution in [0.25, 0.3) is 10.9 Å². The van der Waals surface area contributed by atoms with E-state index in [-0.39, 0.29) is 0 Å². The Kier molecular flexibility index (Phi) is 3.09. The van der Waals surface area contributed by atoms with E-state index < -0.39 is 6.03 Å². The fraction of sp³-hybridized carbons (Fsp3) is 0.167. The second kappa shape index (κ2) is 4.69. The average molecular weight is 230 g/mol. The van der Waals surface area contributed by atoms with Crippen molar-refractivity contribution in [2.75, 3.05) is 0 Å². The third-order valence-electron chi connectivity index (χ3n) is 2.48. The van der Waals surface area contributed by atoms with E-state index in [9.17, 15) is 4.79 Å². The number of fused-ring (bicyclic) bond motifs is 1. The van der Waals surface area contributed by atoms with Crippen LogP contribution in [0.5, 0.6) is 0 Å². The highest BCUT2D eigenvalue weighted by Crippen LogP contribution is 2.18. The number of benzene rings is 1. The first-order valence-electron chi connectivity index (χ1n) is 5.30. The highest BCUT2D eigenvalue weighted by molar-refractivity contribution is 5.91. The van der Waals surface area contributed by atoms with Crippen LogP contribution in [-0.2, 0) is 6.42 Å². The minimum atomic E-state index is -0.650. The summed E-state index contributed by atoms with van der Waals surface area (Å²) in [6.07, 6.45) is 2.62. The van der Waals surface area contributed by atoms with Gasteiger partial charge in [-0.05, 0) is 18.6 Å². The van der Waals surface area contributed by atoms with Gasteiger partial charge in [-0.25, -0.2) is 10.2 Å². The molecule has 0 aliphatic heterocycles. The second-order valence-electron chi connectivity index (χ2n) is 3.86. The van der Waals surface area contributed by atoms with Gasteiger partial charge in [0, 0.05) is 29.2 Å². The van der Waals surface area contributed by atoms with Gasteiger partial charge in [-0.2, -0.15) is 5.10 Å². The van der Waals surface area contributed by atoms with Crippen molar-refractivity contribution in [3.05, 3.63) is 36.0 Å². The number of hydrogen-bond acceptors (Lipinski definition) is 2. The van der Waals surface area contributed by atoms with Gasteiger partial charge >= 0.3 is 6.03 Å². The number of rotatable bonds is 3. The van der Waals surface area contributed by atoms with E-state index in [0.717, 1.165) is 16.8 Å². The molecule has 0 aliphatic carbocycles. The molecule has 0 bridgehead atoms. The maximum Gasteiger partial charge on any atom is 0.332 e. The molecule has 5 nitrogen and oxygen atoms in total. The number of hydrazone groups is 1. The number of aromatic nitrogens is 1. The Morgan fingerprint density at radius 1 is 1.47 bits per heavy atom. The van der Waals surface area contributed by atoms with Crippen molar-refractivity contribution in [1.82, 2.24) is 10.4 Å². The van der Waals surface area contributed by atoms with E-state index in [1.165, 1.54) is 5.39 Å². The van der Waals surface area contributed by atoms with Crippen molar-refractivity contribution in [3.8, 4) is 0 Å². The lowest BCUT2D eigenvalue weighted by atomic mass is 10.1. The number of carbonyl (C=O) groups excluding carboxylic acids is 1. The zero-order chi connectivity index (χ0) is 12.3. The Labute approximate surface area is 98.7 Å². The van der Waals surface area contributed by atoms with Gasteiger partial charge in [-0.15, -0.1) is 0 Å². The molecule has 1 heterocycles. The molecule has 0 saturated carbocycles. The fourth-order valence-electron chi connectivity index (χ4n) is 1.74. The Balaban J connectivity index is 2.18. The van der Waals surface area contributed by atoms with Crippen LogP contribution in [0, 0.1) is 0 Å². The van der Waals surface area contributed by atoms with Crippen LogP contribution >= 0.6 is 0 Å². The highest BCUT2D eigenvalue weighted by atomic mass is 16.2. The normalized spacial score (nSPS) is 11.7. The third-order valence-corrected chi connectivity index (χ3v) is 2.48. The zero-order valence-corrected chi connectivity index (χ0v) is 9.53. The lowest BCUT2D eigenvalue weighted by Crippen LogP contribution is -2.25. The first kappa shape index (κ1) is 11.2. The molecule has 1 aromatic heterocycles. The van der Waals surface area contributed by atoms with Crippen molar-refractivity contribution in [2.45, 2.75) is 13.3 Å². The van der Waals surface area contributed by atoms with E-state index in [4.69, 9.17) is 5.73 Å². The first-order valence-corrected chi connectivity index (χ1v) is 5.30. The number of nitrogens with zero attached hydrogens (tertiary/aromatic N) is 1. The molecule has 0 fully saturated rings. The Morgan fingerprint density at radius 2 is 2.24 bits per heavy atom. The lowest BCUT2D eigenvalue weighted by molar-refractivity contribution is 0.249. The van der Waals surface area contributed by atoms with Gasteiger partial charge in [0.2, 0.25) is 0 Å². The summed E-state index contributed by atoms with van der Waals surface area (Å²) in [5.41, 5.74) is 10.2. The largest absolute Gasteiger partial charge is 0.361 e. The van der Waals surface area contributed by atoms with Crippen molar-refractivity contribution in [2.24, 2.45) is 10.8 Å². The van der Waals surface area contributed by atoms with Gasteiger partial charge in [-0.3, -0.25) is 0 Å². The summed E-state index contributed by atoms with van der Waals surface area (Å²) in [6, 6.07) is 7.40. The molecular weight excluding hydrogens is 216 g/mol. The molecule has 0 aliphatic rings. The van der Waals surface area contributed by atoms with Crippen LogP contribution in [0.15, 0.2) is 35.6 Å². The summed E-state index contributed by atoms with van der Waals surface area (Å²) < 4.78 is 0. The van der Waals surface area contributed by atoms with Crippen LogP contribution in [0.1, 0.15) is 12.5 Å². The summed E-state index contributed by atoms with van der Waals surface area (Å²) in [4.78, 5) is 13.7. The van der Waals surface area contributed by atoms with Crippen LogP contribution in [0.4, 0.5) is 4.79 Å². The summed E-state index contributed by atoms with van der Waals surface area (Å²) in [6.45, 7) is 1.84. The number of amides is 2. The minimum Gasteiger partial charge on any atom is -0.361 e. The predicted octanol–water partition coefficient (Wildman–Crippen LogP) is 1.75. The quantitative estimate of drug-likeness (QED) is 0.544. The van der Waals surface area contributed by atoms with Crippen LogP contribution in [0.3, 0.4) is 0 Å². The van der Waals surface area contributed by atoms with E-state index in [2.05, 4.69) is 21.6 Å². The number of carbonyl (C=O) groups is 1. The molecule has 0 radical (unpaired) electrons. The maximum atomic E-state index is 10.5. The van der Waals surface area contributed by atoms with E-state index in [1.54, 1.807) is 0 Å². The van der Waals surface area contributed by atoms with Crippen molar-refractivity contribution < 1.29 is 4.79 Å². The molecule has 1 aromatic carbocycles. The number of primary amides is 1. The Morgan fingerprint density at radius 3 is 3.00 bits per heavy atom. The molecule has 5 heteroatoms. The van der Waals surface area contributed by atoms with E-state index in [1.807, 2.05) is 31.3 Å². The number of urea groups is 1. The van der Waals surface area contributed by atoms with Gasteiger partial charge in [-0.1, -0.05) is 18.2 Å². The SMILES string of the molecule is C/C(Cc1c[nH]c2ccccc12)=N\NC(N)=O. The monoisotopic (exact) mass is 230 g/mol. The van der Waals surface area contributed by atoms with Crippen LogP contribution in [-0.4, -0.2) is 16.7 Å². The van der Waals surface area contributed by atoms with E-state index in [0.29, 0.717) is 6.42 Å². The summed E-state index contributed by atoms with van der Waals surface area (Å²) in [7, 11) is 0. The van der Waals surface area contributed by atoms with Gasteiger partial charge in [0.1, 0.15) is 0 Å². The topological polar surface area (TPSA) is 83.3 Å².